The average molecular weight is 431 g/mol. The number of anilines is 1. The van der Waals surface area contributed by atoms with Crippen molar-refractivity contribution < 1.29 is 14.2 Å². The largest absolute Gasteiger partial charge is 0.383 e. The lowest BCUT2D eigenvalue weighted by Crippen LogP contribution is -2.30. The fourth-order valence-electron chi connectivity index (χ4n) is 5.03. The van der Waals surface area contributed by atoms with Crippen molar-refractivity contribution in [2.75, 3.05) is 5.73 Å². The molecular formula is C24H25N5O3. The van der Waals surface area contributed by atoms with Crippen LogP contribution in [0.1, 0.15) is 31.9 Å². The molecule has 0 radical (unpaired) electrons. The number of ether oxygens (including phenoxy) is 3. The minimum atomic E-state index is -0.664. The number of rotatable bonds is 4. The summed E-state index contributed by atoms with van der Waals surface area (Å²) in [7, 11) is 0. The first kappa shape index (κ1) is 19.6. The third-order valence-corrected chi connectivity index (χ3v) is 6.45. The molecule has 0 spiro atoms. The summed E-state index contributed by atoms with van der Waals surface area (Å²) in [6, 6.07) is 10.3. The second-order valence-electron chi connectivity index (χ2n) is 8.99. The van der Waals surface area contributed by atoms with Crippen molar-refractivity contribution >= 4 is 27.6 Å². The van der Waals surface area contributed by atoms with Gasteiger partial charge in [0.25, 0.3) is 0 Å². The van der Waals surface area contributed by atoms with E-state index < -0.39 is 5.79 Å². The Morgan fingerprint density at radius 2 is 2.00 bits per heavy atom. The first-order chi connectivity index (χ1) is 15.5. The molecule has 4 atom stereocenters. The average Bonchev–Trinajstić information content (AvgIpc) is 3.44. The Morgan fingerprint density at radius 1 is 1.12 bits per heavy atom. The van der Waals surface area contributed by atoms with E-state index in [-0.39, 0.29) is 24.4 Å². The molecule has 1 saturated heterocycles. The zero-order chi connectivity index (χ0) is 21.9. The Hall–Kier alpha value is -3.07. The second kappa shape index (κ2) is 7.23. The topological polar surface area (TPSA) is 97.3 Å². The molecule has 0 bridgehead atoms. The van der Waals surface area contributed by atoms with Crippen LogP contribution in [0.2, 0.25) is 0 Å². The first-order valence-corrected chi connectivity index (χ1v) is 10.9. The van der Waals surface area contributed by atoms with Gasteiger partial charge < -0.3 is 24.5 Å². The maximum absolute atomic E-state index is 6.42. The normalized spacial score (nSPS) is 26.7. The van der Waals surface area contributed by atoms with Gasteiger partial charge in [-0.3, -0.25) is 4.98 Å². The molecule has 4 aromatic rings. The lowest BCUT2D eigenvalue weighted by atomic mass is 10.1. The molecule has 2 N–H and O–H groups in total. The molecule has 1 aromatic carbocycles. The number of pyridine rings is 1. The number of fused-ring (bicyclic) bond motifs is 3. The lowest BCUT2D eigenvalue weighted by molar-refractivity contribution is -0.171. The number of hydrogen-bond acceptors (Lipinski definition) is 7. The number of benzene rings is 1. The van der Waals surface area contributed by atoms with E-state index in [2.05, 4.69) is 37.7 Å². The number of aromatic nitrogens is 4. The highest BCUT2D eigenvalue weighted by atomic mass is 16.8. The molecule has 6 rings (SSSR count). The van der Waals surface area contributed by atoms with Gasteiger partial charge in [-0.05, 0) is 49.4 Å². The summed E-state index contributed by atoms with van der Waals surface area (Å²) in [6.45, 7) is 4.40. The lowest BCUT2D eigenvalue weighted by Gasteiger charge is -2.24. The molecule has 8 nitrogen and oxygen atoms in total. The van der Waals surface area contributed by atoms with Crippen LogP contribution in [-0.2, 0) is 20.8 Å². The van der Waals surface area contributed by atoms with E-state index in [9.17, 15) is 0 Å². The highest BCUT2D eigenvalue weighted by Gasteiger charge is 2.55. The van der Waals surface area contributed by atoms with Gasteiger partial charge in [-0.25, -0.2) is 9.97 Å². The monoisotopic (exact) mass is 431 g/mol. The Bertz CT molecular complexity index is 1300. The number of nitrogens with two attached hydrogens (primary N) is 1. The number of nitrogens with zero attached hydrogens (tertiary/aromatic N) is 4. The molecule has 164 valence electrons. The van der Waals surface area contributed by atoms with Gasteiger partial charge in [0.15, 0.2) is 5.79 Å². The van der Waals surface area contributed by atoms with E-state index >= 15 is 0 Å². The SMILES string of the molecule is CC1(C)O[C@@H]2[C@H](O1)[C@@H](OCc1ccc3cnccc3c1)C[C@H]2n1ccc2c(N)ncnc21. The zero-order valence-electron chi connectivity index (χ0n) is 18.0. The Balaban J connectivity index is 1.28. The predicted molar refractivity (Wildman–Crippen MR) is 120 cm³/mol. The van der Waals surface area contributed by atoms with E-state index in [1.165, 1.54) is 6.33 Å². The van der Waals surface area contributed by atoms with Crippen LogP contribution in [0.3, 0.4) is 0 Å². The van der Waals surface area contributed by atoms with Gasteiger partial charge in [-0.15, -0.1) is 0 Å². The van der Waals surface area contributed by atoms with Crippen LogP contribution in [-0.4, -0.2) is 43.6 Å². The van der Waals surface area contributed by atoms with Crippen molar-refractivity contribution in [2.45, 2.75) is 57.0 Å². The Morgan fingerprint density at radius 3 is 2.91 bits per heavy atom. The van der Waals surface area contributed by atoms with Crippen LogP contribution >= 0.6 is 0 Å². The van der Waals surface area contributed by atoms with E-state index in [1.54, 1.807) is 0 Å². The third kappa shape index (κ3) is 3.23. The number of nitrogen functional groups attached to an aromatic ring is 1. The number of hydrogen-bond donors (Lipinski definition) is 1. The molecule has 2 fully saturated rings. The summed E-state index contributed by atoms with van der Waals surface area (Å²) < 4.78 is 21.2. The van der Waals surface area contributed by atoms with Gasteiger partial charge in [0.2, 0.25) is 0 Å². The van der Waals surface area contributed by atoms with E-state index in [4.69, 9.17) is 19.9 Å². The minimum Gasteiger partial charge on any atom is -0.383 e. The van der Waals surface area contributed by atoms with Gasteiger partial charge >= 0.3 is 0 Å². The molecule has 0 amide bonds. The molecule has 32 heavy (non-hydrogen) atoms. The van der Waals surface area contributed by atoms with Gasteiger partial charge in [0, 0.05) is 24.0 Å². The second-order valence-corrected chi connectivity index (χ2v) is 8.99. The van der Waals surface area contributed by atoms with E-state index in [0.29, 0.717) is 12.4 Å². The Kier molecular flexibility index (Phi) is 4.43. The maximum Gasteiger partial charge on any atom is 0.164 e. The van der Waals surface area contributed by atoms with E-state index in [0.717, 1.165) is 33.8 Å². The first-order valence-electron chi connectivity index (χ1n) is 10.9. The molecule has 8 heteroatoms. The summed E-state index contributed by atoms with van der Waals surface area (Å²) in [4.78, 5) is 12.8. The summed E-state index contributed by atoms with van der Waals surface area (Å²) in [5.74, 6) is -0.186. The zero-order valence-corrected chi connectivity index (χ0v) is 18.0. The van der Waals surface area contributed by atoms with Crippen molar-refractivity contribution in [1.29, 1.82) is 0 Å². The summed E-state index contributed by atoms with van der Waals surface area (Å²) in [5.41, 5.74) is 7.97. The fraction of sp³-hybridized carbons (Fsp3) is 0.375. The summed E-state index contributed by atoms with van der Waals surface area (Å²) >= 11 is 0. The van der Waals surface area contributed by atoms with Gasteiger partial charge in [0.05, 0.1) is 24.1 Å². The fourth-order valence-corrected chi connectivity index (χ4v) is 5.03. The van der Waals surface area contributed by atoms with Crippen LogP contribution in [0.5, 0.6) is 0 Å². The highest BCUT2D eigenvalue weighted by Crippen LogP contribution is 2.46. The molecule has 1 saturated carbocycles. The maximum atomic E-state index is 6.42. The highest BCUT2D eigenvalue weighted by molar-refractivity contribution is 5.86. The van der Waals surface area contributed by atoms with Crippen molar-refractivity contribution in [3.8, 4) is 0 Å². The van der Waals surface area contributed by atoms with Crippen LogP contribution < -0.4 is 5.73 Å². The molecule has 3 aromatic heterocycles. The summed E-state index contributed by atoms with van der Waals surface area (Å²) in [5, 5.41) is 3.12. The van der Waals surface area contributed by atoms with Crippen molar-refractivity contribution in [1.82, 2.24) is 19.5 Å². The quantitative estimate of drug-likeness (QED) is 0.527. The van der Waals surface area contributed by atoms with Crippen molar-refractivity contribution in [3.05, 3.63) is 60.8 Å². The van der Waals surface area contributed by atoms with Crippen LogP contribution in [0.15, 0.2) is 55.2 Å². The van der Waals surface area contributed by atoms with Crippen LogP contribution in [0.25, 0.3) is 21.8 Å². The van der Waals surface area contributed by atoms with Gasteiger partial charge in [-0.1, -0.05) is 12.1 Å². The molecule has 1 aliphatic carbocycles. The molecule has 2 aliphatic rings. The standard InChI is InChI=1S/C24H25N5O3/c1-24(2)31-20-18(29-8-6-17-22(25)27-13-28-23(17)29)10-19(21(20)32-24)30-12-14-3-4-16-11-26-7-5-15(16)9-14/h3-9,11,13,18-21H,10,12H2,1-2H3,(H2,25,27,28)/t18-,19+,20+,21-/m1/s1. The predicted octanol–water partition coefficient (Wildman–Crippen LogP) is 3.61. The van der Waals surface area contributed by atoms with Gasteiger partial charge in [-0.2, -0.15) is 0 Å². The molecule has 4 heterocycles. The van der Waals surface area contributed by atoms with E-state index in [1.807, 2.05) is 44.6 Å². The molecule has 0 unspecified atom stereocenters. The Labute approximate surface area is 185 Å². The third-order valence-electron chi connectivity index (χ3n) is 6.45. The van der Waals surface area contributed by atoms with Crippen LogP contribution in [0, 0.1) is 0 Å². The van der Waals surface area contributed by atoms with Gasteiger partial charge in [0.1, 0.15) is 30.0 Å². The molecule has 1 aliphatic heterocycles. The summed E-state index contributed by atoms with van der Waals surface area (Å²) in [6.07, 6.45) is 7.55. The van der Waals surface area contributed by atoms with Crippen LogP contribution in [0.4, 0.5) is 5.82 Å². The molecular weight excluding hydrogens is 406 g/mol. The van der Waals surface area contributed by atoms with Crippen molar-refractivity contribution in [3.63, 3.8) is 0 Å². The van der Waals surface area contributed by atoms with Crippen molar-refractivity contribution in [2.24, 2.45) is 0 Å². The smallest absolute Gasteiger partial charge is 0.164 e. The minimum absolute atomic E-state index is 0.0289.